The zero-order valence-electron chi connectivity index (χ0n) is 20.7. The molecule has 1 aliphatic heterocycles. The molecule has 0 aromatic heterocycles. The topological polar surface area (TPSA) is 114 Å². The van der Waals surface area contributed by atoms with Crippen molar-refractivity contribution in [3.05, 3.63) is 52.1 Å². The van der Waals surface area contributed by atoms with Gasteiger partial charge < -0.3 is 23.7 Å². The molecule has 3 rings (SSSR count). The summed E-state index contributed by atoms with van der Waals surface area (Å²) < 4.78 is 29.0. The van der Waals surface area contributed by atoms with Crippen LogP contribution in [0.25, 0.3) is 11.1 Å². The van der Waals surface area contributed by atoms with Gasteiger partial charge in [-0.1, -0.05) is 48.2 Å². The Morgan fingerprint density at radius 3 is 1.89 bits per heavy atom. The van der Waals surface area contributed by atoms with E-state index in [1.807, 2.05) is 48.5 Å². The Balaban J connectivity index is 2.06. The fraction of sp³-hybridized carbons (Fsp3) is 0.385. The van der Waals surface area contributed by atoms with Crippen LogP contribution in [0.3, 0.4) is 0 Å². The zero-order valence-corrected chi connectivity index (χ0v) is 23.6. The third-order valence-electron chi connectivity index (χ3n) is 5.24. The van der Waals surface area contributed by atoms with E-state index in [-0.39, 0.29) is 6.61 Å². The van der Waals surface area contributed by atoms with E-state index in [9.17, 15) is 19.2 Å². The fourth-order valence-electron chi connectivity index (χ4n) is 3.88. The molecule has 9 nitrogen and oxygen atoms in total. The van der Waals surface area contributed by atoms with Crippen LogP contribution in [-0.2, 0) is 42.9 Å². The minimum absolute atomic E-state index is 0.271. The molecule has 0 radical (unpaired) electrons. The maximum absolute atomic E-state index is 12.1. The van der Waals surface area contributed by atoms with Crippen LogP contribution < -0.4 is 0 Å². The standard InChI is InChI=1S/C26H27IO9S/c1-14(28)32-13-21-23(33-15(2)29)24(34-16(3)30)25(35-17(4)31)26(36-21)37-22-12-8-6-10-19(22)18-9-5-7-11-20(18)27/h5-12,21,23-26H,13H2,1-4H3/t21-,23-,24+,25-,26?/m1/s1. The van der Waals surface area contributed by atoms with Crippen molar-refractivity contribution >= 4 is 58.2 Å². The maximum atomic E-state index is 12.1. The summed E-state index contributed by atoms with van der Waals surface area (Å²) in [7, 11) is 0. The largest absolute Gasteiger partial charge is 0.463 e. The first-order valence-corrected chi connectivity index (χ1v) is 13.3. The number of thioether (sulfide) groups is 1. The predicted octanol–water partition coefficient (Wildman–Crippen LogP) is 4.13. The maximum Gasteiger partial charge on any atom is 0.303 e. The third-order valence-corrected chi connectivity index (χ3v) is 7.40. The van der Waals surface area contributed by atoms with E-state index in [0.717, 1.165) is 19.6 Å². The molecular formula is C26H27IO9S. The van der Waals surface area contributed by atoms with Crippen molar-refractivity contribution < 1.29 is 42.9 Å². The zero-order chi connectivity index (χ0) is 27.1. The summed E-state index contributed by atoms with van der Waals surface area (Å²) in [5, 5.41) is 0. The summed E-state index contributed by atoms with van der Waals surface area (Å²) in [6.07, 6.45) is -4.52. The molecule has 1 aliphatic rings. The van der Waals surface area contributed by atoms with E-state index in [2.05, 4.69) is 22.6 Å². The van der Waals surface area contributed by atoms with Gasteiger partial charge in [0, 0.05) is 36.2 Å². The summed E-state index contributed by atoms with van der Waals surface area (Å²) in [5.41, 5.74) is 1.02. The van der Waals surface area contributed by atoms with Crippen molar-refractivity contribution in [3.8, 4) is 11.1 Å². The van der Waals surface area contributed by atoms with Gasteiger partial charge in [0.25, 0.3) is 0 Å². The van der Waals surface area contributed by atoms with Gasteiger partial charge in [-0.05, 0) is 45.9 Å². The number of hydrogen-bond donors (Lipinski definition) is 0. The summed E-state index contributed by atoms with van der Waals surface area (Å²) in [6.45, 7) is 4.57. The molecule has 0 spiro atoms. The number of halogens is 1. The molecule has 0 saturated carbocycles. The number of benzene rings is 2. The van der Waals surface area contributed by atoms with E-state index >= 15 is 0 Å². The third kappa shape index (κ3) is 7.92. The van der Waals surface area contributed by atoms with Gasteiger partial charge in [0.1, 0.15) is 18.1 Å². The molecule has 2 aromatic carbocycles. The van der Waals surface area contributed by atoms with Crippen LogP contribution in [0.15, 0.2) is 53.4 Å². The summed E-state index contributed by atoms with van der Waals surface area (Å²) in [6, 6.07) is 15.5. The van der Waals surface area contributed by atoms with E-state index in [1.165, 1.54) is 39.5 Å². The molecule has 11 heteroatoms. The Morgan fingerprint density at radius 1 is 0.757 bits per heavy atom. The molecule has 0 N–H and O–H groups in total. The van der Waals surface area contributed by atoms with Crippen LogP contribution in [-0.4, -0.2) is 60.3 Å². The van der Waals surface area contributed by atoms with Gasteiger partial charge in [0.2, 0.25) is 0 Å². The van der Waals surface area contributed by atoms with Crippen LogP contribution in [0.2, 0.25) is 0 Å². The highest BCUT2D eigenvalue weighted by Gasteiger charge is 2.52. The van der Waals surface area contributed by atoms with Gasteiger partial charge in [0.15, 0.2) is 18.3 Å². The summed E-state index contributed by atoms with van der Waals surface area (Å²) in [5.74, 6) is -2.54. The Kier molecular flexibility index (Phi) is 10.4. The van der Waals surface area contributed by atoms with Crippen LogP contribution in [0.1, 0.15) is 27.7 Å². The fourth-order valence-corrected chi connectivity index (χ4v) is 5.81. The highest BCUT2D eigenvalue weighted by atomic mass is 127. The number of ether oxygens (including phenoxy) is 5. The lowest BCUT2D eigenvalue weighted by atomic mass is 9.99. The van der Waals surface area contributed by atoms with Crippen molar-refractivity contribution in [2.75, 3.05) is 6.61 Å². The Bertz CT molecular complexity index is 1150. The molecule has 1 fully saturated rings. The minimum atomic E-state index is -1.21. The van der Waals surface area contributed by atoms with Gasteiger partial charge in [0.05, 0.1) is 0 Å². The van der Waals surface area contributed by atoms with Crippen LogP contribution in [0.5, 0.6) is 0 Å². The van der Waals surface area contributed by atoms with Crippen LogP contribution in [0.4, 0.5) is 0 Å². The van der Waals surface area contributed by atoms with Crippen molar-refractivity contribution in [2.45, 2.75) is 62.4 Å². The van der Waals surface area contributed by atoms with Crippen molar-refractivity contribution in [1.82, 2.24) is 0 Å². The SMILES string of the molecule is CC(=O)OC[C@H]1OC(Sc2ccccc2-c2ccccc2I)[C@H](OC(C)=O)[C@@H](OC(C)=O)[C@@H]1OC(C)=O. The lowest BCUT2D eigenvalue weighted by Crippen LogP contribution is -2.61. The molecule has 0 aliphatic carbocycles. The average Bonchev–Trinajstić information content (AvgIpc) is 2.81. The van der Waals surface area contributed by atoms with Crippen LogP contribution in [0, 0.1) is 3.57 Å². The second-order valence-electron chi connectivity index (χ2n) is 8.16. The summed E-state index contributed by atoms with van der Waals surface area (Å²) in [4.78, 5) is 48.4. The van der Waals surface area contributed by atoms with Gasteiger partial charge in [-0.2, -0.15) is 0 Å². The van der Waals surface area contributed by atoms with Crippen molar-refractivity contribution in [3.63, 3.8) is 0 Å². The predicted molar refractivity (Wildman–Crippen MR) is 142 cm³/mol. The second-order valence-corrected chi connectivity index (χ2v) is 10.5. The molecule has 1 saturated heterocycles. The molecule has 1 heterocycles. The molecule has 2 aromatic rings. The number of rotatable bonds is 8. The number of esters is 4. The first kappa shape index (κ1) is 28.9. The lowest BCUT2D eigenvalue weighted by Gasteiger charge is -2.44. The van der Waals surface area contributed by atoms with Crippen molar-refractivity contribution in [2.24, 2.45) is 0 Å². The lowest BCUT2D eigenvalue weighted by molar-refractivity contribution is -0.237. The monoisotopic (exact) mass is 642 g/mol. The molecule has 198 valence electrons. The first-order chi connectivity index (χ1) is 17.6. The molecule has 37 heavy (non-hydrogen) atoms. The Hall–Kier alpha value is -2.64. The highest BCUT2D eigenvalue weighted by molar-refractivity contribution is 14.1. The van der Waals surface area contributed by atoms with Gasteiger partial charge in [-0.25, -0.2) is 0 Å². The van der Waals surface area contributed by atoms with Crippen LogP contribution >= 0.6 is 34.4 Å². The smallest absolute Gasteiger partial charge is 0.303 e. The molecule has 5 atom stereocenters. The van der Waals surface area contributed by atoms with E-state index in [1.54, 1.807) is 0 Å². The molecular weight excluding hydrogens is 615 g/mol. The van der Waals surface area contributed by atoms with E-state index < -0.39 is 53.7 Å². The minimum Gasteiger partial charge on any atom is -0.463 e. The van der Waals surface area contributed by atoms with Gasteiger partial charge >= 0.3 is 23.9 Å². The highest BCUT2D eigenvalue weighted by Crippen LogP contribution is 2.41. The normalized spacial score (nSPS) is 23.0. The number of hydrogen-bond acceptors (Lipinski definition) is 10. The van der Waals surface area contributed by atoms with Crippen molar-refractivity contribution in [1.29, 1.82) is 0 Å². The number of carbonyl (C=O) groups excluding carboxylic acids is 4. The molecule has 0 bridgehead atoms. The Morgan fingerprint density at radius 2 is 1.30 bits per heavy atom. The second kappa shape index (κ2) is 13.2. The molecule has 0 amide bonds. The quantitative estimate of drug-likeness (QED) is 0.237. The molecule has 1 unspecified atom stereocenters. The van der Waals surface area contributed by atoms with E-state index in [4.69, 9.17) is 23.7 Å². The summed E-state index contributed by atoms with van der Waals surface area (Å²) >= 11 is 3.52. The first-order valence-electron chi connectivity index (χ1n) is 11.4. The number of carbonyl (C=O) groups is 4. The van der Waals surface area contributed by atoms with Gasteiger partial charge in [-0.15, -0.1) is 0 Å². The van der Waals surface area contributed by atoms with Gasteiger partial charge in [-0.3, -0.25) is 19.2 Å². The average molecular weight is 642 g/mol. The van der Waals surface area contributed by atoms with E-state index in [0.29, 0.717) is 0 Å². The Labute approximate surface area is 232 Å².